The molecule has 0 radical (unpaired) electrons. The van der Waals surface area contributed by atoms with E-state index in [9.17, 15) is 4.79 Å². The minimum Gasteiger partial charge on any atom is -0.478 e. The van der Waals surface area contributed by atoms with E-state index >= 15 is 0 Å². The maximum absolute atomic E-state index is 10.9. The van der Waals surface area contributed by atoms with Gasteiger partial charge in [0.1, 0.15) is 0 Å². The fourth-order valence-corrected chi connectivity index (χ4v) is 2.71. The van der Waals surface area contributed by atoms with Crippen LogP contribution >= 0.6 is 11.3 Å². The van der Waals surface area contributed by atoms with Gasteiger partial charge in [-0.15, -0.1) is 11.3 Å². The Balaban J connectivity index is 2.04. The summed E-state index contributed by atoms with van der Waals surface area (Å²) in [5, 5.41) is 12.1. The number of hydrogen-bond acceptors (Lipinski definition) is 4. The molecule has 0 atom stereocenters. The highest BCUT2D eigenvalue weighted by Gasteiger charge is 2.09. The number of aromatic carboxylic acids is 1. The van der Waals surface area contributed by atoms with Crippen molar-refractivity contribution in [2.45, 2.75) is 26.9 Å². The van der Waals surface area contributed by atoms with Gasteiger partial charge in [0.05, 0.1) is 16.3 Å². The first kappa shape index (κ1) is 14.7. The number of rotatable bonds is 5. The molecule has 106 valence electrons. The molecule has 0 unspecified atom stereocenters. The highest BCUT2D eigenvalue weighted by Crippen LogP contribution is 2.15. The molecular formula is C15H18N2O2S. The Morgan fingerprint density at radius 1 is 1.35 bits per heavy atom. The van der Waals surface area contributed by atoms with Crippen molar-refractivity contribution in [1.82, 2.24) is 9.88 Å². The van der Waals surface area contributed by atoms with Gasteiger partial charge in [-0.1, -0.05) is 6.07 Å². The minimum atomic E-state index is -0.883. The Bertz CT molecular complexity index is 622. The van der Waals surface area contributed by atoms with Crippen LogP contribution in [0.2, 0.25) is 0 Å². The van der Waals surface area contributed by atoms with Crippen LogP contribution < -0.4 is 0 Å². The molecule has 0 fully saturated rings. The predicted octanol–water partition coefficient (Wildman–Crippen LogP) is 3.09. The van der Waals surface area contributed by atoms with Gasteiger partial charge in [-0.05, 0) is 44.2 Å². The van der Waals surface area contributed by atoms with Crippen LogP contribution in [0.3, 0.4) is 0 Å². The van der Waals surface area contributed by atoms with E-state index in [0.717, 1.165) is 34.9 Å². The molecule has 0 aliphatic heterocycles. The van der Waals surface area contributed by atoms with Gasteiger partial charge in [-0.25, -0.2) is 9.78 Å². The van der Waals surface area contributed by atoms with E-state index in [4.69, 9.17) is 5.11 Å². The third kappa shape index (κ3) is 3.65. The number of benzene rings is 1. The number of carbonyl (C=O) groups is 1. The van der Waals surface area contributed by atoms with Crippen molar-refractivity contribution in [3.63, 3.8) is 0 Å². The van der Waals surface area contributed by atoms with Gasteiger partial charge in [-0.3, -0.25) is 4.90 Å². The van der Waals surface area contributed by atoms with Crippen LogP contribution in [0, 0.1) is 13.8 Å². The molecule has 0 bridgehead atoms. The number of carboxylic acid groups (broad SMARTS) is 1. The maximum Gasteiger partial charge on any atom is 0.335 e. The van der Waals surface area contributed by atoms with Gasteiger partial charge in [0.25, 0.3) is 0 Å². The summed E-state index contributed by atoms with van der Waals surface area (Å²) >= 11 is 1.66. The van der Waals surface area contributed by atoms with Gasteiger partial charge in [0.15, 0.2) is 0 Å². The minimum absolute atomic E-state index is 0.337. The average Bonchev–Trinajstić information content (AvgIpc) is 2.77. The van der Waals surface area contributed by atoms with Crippen LogP contribution in [0.1, 0.15) is 32.2 Å². The van der Waals surface area contributed by atoms with E-state index < -0.39 is 5.97 Å². The molecule has 0 aliphatic carbocycles. The molecule has 0 saturated heterocycles. The average molecular weight is 290 g/mol. The molecule has 0 spiro atoms. The van der Waals surface area contributed by atoms with Crippen molar-refractivity contribution in [2.75, 3.05) is 7.05 Å². The first-order valence-corrected chi connectivity index (χ1v) is 7.26. The Morgan fingerprint density at radius 2 is 2.10 bits per heavy atom. The summed E-state index contributed by atoms with van der Waals surface area (Å²) in [4.78, 5) is 17.5. The molecule has 0 aliphatic rings. The van der Waals surface area contributed by atoms with Crippen molar-refractivity contribution < 1.29 is 9.90 Å². The first-order chi connectivity index (χ1) is 9.45. The fraction of sp³-hybridized carbons (Fsp3) is 0.333. The summed E-state index contributed by atoms with van der Waals surface area (Å²) in [6, 6.07) is 5.27. The number of carboxylic acids is 1. The van der Waals surface area contributed by atoms with Gasteiger partial charge >= 0.3 is 5.97 Å². The third-order valence-electron chi connectivity index (χ3n) is 3.13. The molecule has 1 heterocycles. The number of hydrogen-bond donors (Lipinski definition) is 1. The van der Waals surface area contributed by atoms with E-state index in [1.165, 1.54) is 0 Å². The zero-order valence-corrected chi connectivity index (χ0v) is 12.7. The number of aromatic nitrogens is 1. The van der Waals surface area contributed by atoms with E-state index in [0.29, 0.717) is 5.56 Å². The summed E-state index contributed by atoms with van der Waals surface area (Å²) in [6.07, 6.45) is 0. The van der Waals surface area contributed by atoms with Crippen LogP contribution in [0.4, 0.5) is 0 Å². The lowest BCUT2D eigenvalue weighted by atomic mass is 10.0. The first-order valence-electron chi connectivity index (χ1n) is 6.38. The van der Waals surface area contributed by atoms with Gasteiger partial charge < -0.3 is 5.11 Å². The molecule has 0 amide bonds. The van der Waals surface area contributed by atoms with Crippen molar-refractivity contribution in [3.8, 4) is 0 Å². The molecule has 1 aromatic heterocycles. The summed E-state index contributed by atoms with van der Waals surface area (Å²) in [6.45, 7) is 5.53. The second-order valence-corrected chi connectivity index (χ2v) is 6.04. The van der Waals surface area contributed by atoms with Crippen LogP contribution in [0.25, 0.3) is 0 Å². The molecule has 1 aromatic carbocycles. The Morgan fingerprint density at radius 3 is 2.65 bits per heavy atom. The largest absolute Gasteiger partial charge is 0.478 e. The standard InChI is InChI=1S/C15H18N2O2S/c1-10-6-12(15(18)19)4-5-13(10)7-17(3)8-14-9-20-11(2)16-14/h4-6,9H,7-8H2,1-3H3,(H,18,19). The quantitative estimate of drug-likeness (QED) is 0.919. The molecule has 20 heavy (non-hydrogen) atoms. The fourth-order valence-electron chi connectivity index (χ4n) is 2.11. The van der Waals surface area contributed by atoms with Crippen molar-refractivity contribution >= 4 is 17.3 Å². The van der Waals surface area contributed by atoms with Gasteiger partial charge in [0, 0.05) is 18.5 Å². The van der Waals surface area contributed by atoms with E-state index in [2.05, 4.69) is 15.3 Å². The topological polar surface area (TPSA) is 53.4 Å². The molecule has 2 aromatic rings. The summed E-state index contributed by atoms with van der Waals surface area (Å²) in [5.41, 5.74) is 3.56. The predicted molar refractivity (Wildman–Crippen MR) is 80.2 cm³/mol. The van der Waals surface area contributed by atoms with Crippen molar-refractivity contribution in [3.05, 3.63) is 51.0 Å². The maximum atomic E-state index is 10.9. The van der Waals surface area contributed by atoms with Crippen LogP contribution in [-0.4, -0.2) is 28.0 Å². The van der Waals surface area contributed by atoms with Crippen LogP contribution in [-0.2, 0) is 13.1 Å². The Hall–Kier alpha value is -1.72. The zero-order valence-electron chi connectivity index (χ0n) is 11.9. The second-order valence-electron chi connectivity index (χ2n) is 4.98. The van der Waals surface area contributed by atoms with E-state index in [1.54, 1.807) is 23.5 Å². The molecule has 0 saturated carbocycles. The van der Waals surface area contributed by atoms with Crippen LogP contribution in [0.15, 0.2) is 23.6 Å². The highest BCUT2D eigenvalue weighted by molar-refractivity contribution is 7.09. The molecular weight excluding hydrogens is 272 g/mol. The van der Waals surface area contributed by atoms with Crippen molar-refractivity contribution in [1.29, 1.82) is 0 Å². The number of thiazole rings is 1. The van der Waals surface area contributed by atoms with E-state index in [1.807, 2.05) is 27.0 Å². The van der Waals surface area contributed by atoms with Crippen molar-refractivity contribution in [2.24, 2.45) is 0 Å². The second kappa shape index (κ2) is 6.15. The van der Waals surface area contributed by atoms with Gasteiger partial charge in [0.2, 0.25) is 0 Å². The van der Waals surface area contributed by atoms with Gasteiger partial charge in [-0.2, -0.15) is 0 Å². The molecule has 5 heteroatoms. The molecule has 1 N–H and O–H groups in total. The smallest absolute Gasteiger partial charge is 0.335 e. The molecule has 4 nitrogen and oxygen atoms in total. The monoisotopic (exact) mass is 290 g/mol. The Kier molecular flexibility index (Phi) is 4.52. The number of aryl methyl sites for hydroxylation is 2. The van der Waals surface area contributed by atoms with E-state index in [-0.39, 0.29) is 0 Å². The lowest BCUT2D eigenvalue weighted by molar-refractivity contribution is 0.0696. The molecule has 2 rings (SSSR count). The lowest BCUT2D eigenvalue weighted by Gasteiger charge is -2.17. The Labute approximate surface area is 122 Å². The highest BCUT2D eigenvalue weighted by atomic mass is 32.1. The third-order valence-corrected chi connectivity index (χ3v) is 3.95. The summed E-state index contributed by atoms with van der Waals surface area (Å²) in [5.74, 6) is -0.883. The normalized spacial score (nSPS) is 11.0. The number of nitrogens with zero attached hydrogens (tertiary/aromatic N) is 2. The SMILES string of the molecule is Cc1nc(CN(C)Cc2ccc(C(=O)O)cc2C)cs1. The zero-order chi connectivity index (χ0) is 14.7. The lowest BCUT2D eigenvalue weighted by Crippen LogP contribution is -2.18. The summed E-state index contributed by atoms with van der Waals surface area (Å²) in [7, 11) is 2.04. The summed E-state index contributed by atoms with van der Waals surface area (Å²) < 4.78 is 0. The van der Waals surface area contributed by atoms with Crippen LogP contribution in [0.5, 0.6) is 0 Å².